The van der Waals surface area contributed by atoms with Gasteiger partial charge in [0, 0.05) is 17.5 Å². The topological polar surface area (TPSA) is 32.3 Å². The zero-order valence-electron chi connectivity index (χ0n) is 13.5. The van der Waals surface area contributed by atoms with Crippen LogP contribution in [-0.2, 0) is 4.79 Å². The maximum absolute atomic E-state index is 12.8. The van der Waals surface area contributed by atoms with Gasteiger partial charge in [-0.2, -0.15) is 0 Å². The molecule has 1 aliphatic heterocycles. The average molecular weight is 276 g/mol. The molecule has 0 bridgehead atoms. The lowest BCUT2D eigenvalue weighted by atomic mass is 9.86. The molecule has 20 heavy (non-hydrogen) atoms. The highest BCUT2D eigenvalue weighted by molar-refractivity contribution is 5.83. The van der Waals surface area contributed by atoms with Crippen molar-refractivity contribution >= 4 is 5.91 Å². The van der Waals surface area contributed by atoms with Crippen molar-refractivity contribution in [3.05, 3.63) is 23.8 Å². The minimum atomic E-state index is -0.0673. The van der Waals surface area contributed by atoms with Crippen molar-refractivity contribution in [2.45, 2.75) is 58.5 Å². The van der Waals surface area contributed by atoms with E-state index >= 15 is 0 Å². The van der Waals surface area contributed by atoms with Crippen molar-refractivity contribution in [1.29, 1.82) is 0 Å². The predicted molar refractivity (Wildman–Crippen MR) is 83.5 cm³/mol. The zero-order chi connectivity index (χ0) is 15.0. The van der Waals surface area contributed by atoms with E-state index in [9.17, 15) is 4.79 Å². The first-order valence-corrected chi connectivity index (χ1v) is 7.65. The molecule has 1 saturated heterocycles. The Morgan fingerprint density at radius 3 is 2.60 bits per heavy atom. The highest BCUT2D eigenvalue weighted by atomic mass is 16.2. The van der Waals surface area contributed by atoms with Gasteiger partial charge >= 0.3 is 0 Å². The van der Waals surface area contributed by atoms with E-state index in [1.807, 2.05) is 7.05 Å². The fourth-order valence-electron chi connectivity index (χ4n) is 3.20. The molecule has 0 spiro atoms. The summed E-state index contributed by atoms with van der Waals surface area (Å²) in [6, 6.07) is -0.0325. The van der Waals surface area contributed by atoms with E-state index in [4.69, 9.17) is 0 Å². The molecule has 2 aliphatic rings. The van der Waals surface area contributed by atoms with E-state index in [2.05, 4.69) is 56.1 Å². The van der Waals surface area contributed by atoms with Gasteiger partial charge in [0.05, 0.1) is 6.04 Å². The molecule has 0 aromatic carbocycles. The summed E-state index contributed by atoms with van der Waals surface area (Å²) in [7, 11) is 1.89. The minimum absolute atomic E-state index is 0.0325. The second kappa shape index (κ2) is 5.36. The second-order valence-electron chi connectivity index (χ2n) is 7.24. The Kier molecular flexibility index (Phi) is 4.10. The Morgan fingerprint density at radius 2 is 2.05 bits per heavy atom. The molecule has 0 aromatic heterocycles. The van der Waals surface area contributed by atoms with Crippen molar-refractivity contribution in [2.24, 2.45) is 5.41 Å². The average Bonchev–Trinajstić information content (AvgIpc) is 2.64. The van der Waals surface area contributed by atoms with Crippen LogP contribution >= 0.6 is 0 Å². The van der Waals surface area contributed by atoms with Crippen LogP contribution in [-0.4, -0.2) is 36.0 Å². The molecule has 1 unspecified atom stereocenters. The zero-order valence-corrected chi connectivity index (χ0v) is 13.5. The minimum Gasteiger partial charge on any atom is -0.332 e. The fourth-order valence-corrected chi connectivity index (χ4v) is 3.20. The molecule has 3 heteroatoms. The van der Waals surface area contributed by atoms with Crippen LogP contribution in [0.5, 0.6) is 0 Å². The largest absolute Gasteiger partial charge is 0.332 e. The van der Waals surface area contributed by atoms with Crippen LogP contribution < -0.4 is 5.32 Å². The summed E-state index contributed by atoms with van der Waals surface area (Å²) in [5.41, 5.74) is 1.33. The number of nitrogens with zero attached hydrogens (tertiary/aromatic N) is 1. The molecule has 0 aromatic rings. The quantitative estimate of drug-likeness (QED) is 0.859. The Balaban J connectivity index is 2.23. The SMILES string of the molecule is CNC1CCCC(C)(C)N(CC2=CC=CC2(C)C)C1=O. The molecule has 1 heterocycles. The number of likely N-dealkylation sites (tertiary alicyclic amines) is 1. The molecule has 0 saturated carbocycles. The molecule has 1 fully saturated rings. The number of likely N-dealkylation sites (N-methyl/N-ethyl adjacent to an activating group) is 1. The summed E-state index contributed by atoms with van der Waals surface area (Å²) in [5.74, 6) is 0.249. The van der Waals surface area contributed by atoms with Gasteiger partial charge in [0.15, 0.2) is 0 Å². The summed E-state index contributed by atoms with van der Waals surface area (Å²) in [6.07, 6.45) is 9.60. The van der Waals surface area contributed by atoms with Crippen molar-refractivity contribution in [1.82, 2.24) is 10.2 Å². The summed E-state index contributed by atoms with van der Waals surface area (Å²) >= 11 is 0. The lowest BCUT2D eigenvalue weighted by molar-refractivity contribution is -0.137. The molecular formula is C17H28N2O. The molecule has 3 nitrogen and oxygen atoms in total. The van der Waals surface area contributed by atoms with E-state index in [1.165, 1.54) is 5.57 Å². The summed E-state index contributed by atoms with van der Waals surface area (Å²) in [4.78, 5) is 14.9. The summed E-state index contributed by atoms with van der Waals surface area (Å²) < 4.78 is 0. The number of allylic oxidation sites excluding steroid dienone is 3. The molecule has 0 radical (unpaired) electrons. The lowest BCUT2D eigenvalue weighted by Gasteiger charge is -2.40. The van der Waals surface area contributed by atoms with Crippen LogP contribution in [0.3, 0.4) is 0 Å². The highest BCUT2D eigenvalue weighted by Crippen LogP contribution is 2.36. The number of amides is 1. The molecule has 2 rings (SSSR count). The first-order chi connectivity index (χ1) is 9.28. The summed E-state index contributed by atoms with van der Waals surface area (Å²) in [6.45, 7) is 9.56. The van der Waals surface area contributed by atoms with Gasteiger partial charge in [-0.3, -0.25) is 4.79 Å². The van der Waals surface area contributed by atoms with Crippen LogP contribution in [0.2, 0.25) is 0 Å². The Bertz CT molecular complexity index is 446. The molecule has 1 aliphatic carbocycles. The predicted octanol–water partition coefficient (Wildman–Crippen LogP) is 2.89. The van der Waals surface area contributed by atoms with Gasteiger partial charge in [0.25, 0.3) is 0 Å². The van der Waals surface area contributed by atoms with Crippen LogP contribution in [0, 0.1) is 5.41 Å². The third-order valence-corrected chi connectivity index (χ3v) is 4.89. The van der Waals surface area contributed by atoms with Gasteiger partial charge in [-0.1, -0.05) is 32.1 Å². The maximum atomic E-state index is 12.8. The number of carbonyl (C=O) groups is 1. The smallest absolute Gasteiger partial charge is 0.240 e. The third kappa shape index (κ3) is 2.83. The van der Waals surface area contributed by atoms with E-state index in [1.54, 1.807) is 0 Å². The molecule has 1 N–H and O–H groups in total. The number of nitrogens with one attached hydrogen (secondary N) is 1. The Hall–Kier alpha value is -1.09. The molecule has 112 valence electrons. The van der Waals surface area contributed by atoms with E-state index in [0.717, 1.165) is 25.8 Å². The van der Waals surface area contributed by atoms with Gasteiger partial charge in [-0.05, 0) is 45.7 Å². The molecule has 1 atom stereocenters. The molecular weight excluding hydrogens is 248 g/mol. The standard InChI is InChI=1S/C17H28N2O/c1-16(2)10-6-8-13(16)12-19-15(20)14(18-5)9-7-11-17(19,3)4/h6,8,10,14,18H,7,9,11-12H2,1-5H3. The fraction of sp³-hybridized carbons (Fsp3) is 0.706. The van der Waals surface area contributed by atoms with E-state index in [0.29, 0.717) is 0 Å². The molecule has 1 amide bonds. The van der Waals surface area contributed by atoms with E-state index in [-0.39, 0.29) is 22.9 Å². The van der Waals surface area contributed by atoms with Gasteiger partial charge in [0.1, 0.15) is 0 Å². The number of carbonyl (C=O) groups excluding carboxylic acids is 1. The van der Waals surface area contributed by atoms with Crippen LogP contribution in [0.15, 0.2) is 23.8 Å². The van der Waals surface area contributed by atoms with Gasteiger partial charge in [-0.25, -0.2) is 0 Å². The highest BCUT2D eigenvalue weighted by Gasteiger charge is 2.39. The summed E-state index contributed by atoms with van der Waals surface area (Å²) in [5, 5.41) is 3.18. The van der Waals surface area contributed by atoms with Crippen LogP contribution in [0.1, 0.15) is 47.0 Å². The number of hydrogen-bond acceptors (Lipinski definition) is 2. The monoisotopic (exact) mass is 276 g/mol. The first-order valence-electron chi connectivity index (χ1n) is 7.65. The van der Waals surface area contributed by atoms with Crippen LogP contribution in [0.25, 0.3) is 0 Å². The second-order valence-corrected chi connectivity index (χ2v) is 7.24. The Labute approximate surface area is 123 Å². The van der Waals surface area contributed by atoms with Crippen LogP contribution in [0.4, 0.5) is 0 Å². The van der Waals surface area contributed by atoms with Gasteiger partial charge in [-0.15, -0.1) is 0 Å². The third-order valence-electron chi connectivity index (χ3n) is 4.89. The Morgan fingerprint density at radius 1 is 1.35 bits per heavy atom. The van der Waals surface area contributed by atoms with E-state index < -0.39 is 0 Å². The van der Waals surface area contributed by atoms with Crippen molar-refractivity contribution in [2.75, 3.05) is 13.6 Å². The lowest BCUT2D eigenvalue weighted by Crippen LogP contribution is -2.53. The van der Waals surface area contributed by atoms with Crippen molar-refractivity contribution in [3.63, 3.8) is 0 Å². The van der Waals surface area contributed by atoms with Crippen molar-refractivity contribution < 1.29 is 4.79 Å². The number of hydrogen-bond donors (Lipinski definition) is 1. The first kappa shape index (κ1) is 15.3. The maximum Gasteiger partial charge on any atom is 0.240 e. The number of rotatable bonds is 3. The van der Waals surface area contributed by atoms with Gasteiger partial charge < -0.3 is 10.2 Å². The van der Waals surface area contributed by atoms with Crippen molar-refractivity contribution in [3.8, 4) is 0 Å². The van der Waals surface area contributed by atoms with Gasteiger partial charge in [0.2, 0.25) is 5.91 Å². The normalized spacial score (nSPS) is 28.4.